The Bertz CT molecular complexity index is 1060. The Hall–Kier alpha value is -3.43. The Labute approximate surface area is 141 Å². The van der Waals surface area contributed by atoms with Gasteiger partial charge in [-0.15, -0.1) is 5.10 Å². The monoisotopic (exact) mass is 341 g/mol. The standard InChI is InChI=1S/C15H15N7O3/c1-3-24-14(23)8(2)21-7-9-11(19-21)18-15(16)22-13(9)17-12(20-22)10-5-4-6-25-10/h4-8H,3H2,1-2H3,(H2,16,18,19). The van der Waals surface area contributed by atoms with E-state index < -0.39 is 6.04 Å². The number of fused-ring (bicyclic) bond motifs is 3. The summed E-state index contributed by atoms with van der Waals surface area (Å²) in [7, 11) is 0. The molecule has 0 aliphatic rings. The molecule has 0 radical (unpaired) electrons. The molecule has 0 aliphatic heterocycles. The summed E-state index contributed by atoms with van der Waals surface area (Å²) >= 11 is 0. The molecule has 0 spiro atoms. The number of nitrogen functional groups attached to an aromatic ring is 1. The highest BCUT2D eigenvalue weighted by Gasteiger charge is 2.21. The predicted molar refractivity (Wildman–Crippen MR) is 87.5 cm³/mol. The second kappa shape index (κ2) is 5.58. The van der Waals surface area contributed by atoms with Crippen LogP contribution < -0.4 is 5.73 Å². The highest BCUT2D eigenvalue weighted by molar-refractivity contribution is 5.90. The molecule has 2 N–H and O–H groups in total. The lowest BCUT2D eigenvalue weighted by molar-refractivity contribution is -0.146. The molecular weight excluding hydrogens is 326 g/mol. The number of nitrogens with two attached hydrogens (primary N) is 1. The summed E-state index contributed by atoms with van der Waals surface area (Å²) in [6.45, 7) is 3.75. The summed E-state index contributed by atoms with van der Waals surface area (Å²) in [5, 5.41) is 9.26. The number of esters is 1. The summed E-state index contributed by atoms with van der Waals surface area (Å²) in [4.78, 5) is 20.6. The van der Waals surface area contributed by atoms with Crippen LogP contribution in [0, 0.1) is 0 Å². The Balaban J connectivity index is 1.87. The quantitative estimate of drug-likeness (QED) is 0.552. The number of hydrogen-bond acceptors (Lipinski definition) is 8. The zero-order valence-electron chi connectivity index (χ0n) is 13.6. The summed E-state index contributed by atoms with van der Waals surface area (Å²) < 4.78 is 13.2. The first-order valence-corrected chi connectivity index (χ1v) is 7.70. The third-order valence-corrected chi connectivity index (χ3v) is 3.76. The average molecular weight is 341 g/mol. The Morgan fingerprint density at radius 1 is 1.40 bits per heavy atom. The molecule has 4 heterocycles. The van der Waals surface area contributed by atoms with Gasteiger partial charge in [0.15, 0.2) is 17.1 Å². The molecule has 0 aromatic carbocycles. The van der Waals surface area contributed by atoms with Crippen LogP contribution in [0.1, 0.15) is 19.9 Å². The third-order valence-electron chi connectivity index (χ3n) is 3.76. The van der Waals surface area contributed by atoms with Gasteiger partial charge in [-0.25, -0.2) is 9.78 Å². The lowest BCUT2D eigenvalue weighted by Crippen LogP contribution is -2.19. The lowest BCUT2D eigenvalue weighted by Gasteiger charge is -2.09. The molecule has 1 unspecified atom stereocenters. The van der Waals surface area contributed by atoms with Crippen LogP contribution in [0.3, 0.4) is 0 Å². The van der Waals surface area contributed by atoms with E-state index in [0.717, 1.165) is 0 Å². The fourth-order valence-corrected chi connectivity index (χ4v) is 2.50. The molecule has 25 heavy (non-hydrogen) atoms. The second-order valence-corrected chi connectivity index (χ2v) is 5.39. The van der Waals surface area contributed by atoms with Crippen LogP contribution in [0.2, 0.25) is 0 Å². The molecule has 10 nitrogen and oxygen atoms in total. The zero-order chi connectivity index (χ0) is 17.6. The molecule has 0 amide bonds. The van der Waals surface area contributed by atoms with Gasteiger partial charge >= 0.3 is 5.97 Å². The van der Waals surface area contributed by atoms with Gasteiger partial charge in [-0.2, -0.15) is 14.6 Å². The number of ether oxygens (including phenoxy) is 1. The van der Waals surface area contributed by atoms with Crippen molar-refractivity contribution in [3.05, 3.63) is 24.6 Å². The molecule has 4 aromatic heterocycles. The first kappa shape index (κ1) is 15.1. The number of rotatable bonds is 4. The van der Waals surface area contributed by atoms with E-state index in [4.69, 9.17) is 14.9 Å². The van der Waals surface area contributed by atoms with Gasteiger partial charge in [0.1, 0.15) is 6.04 Å². The highest BCUT2D eigenvalue weighted by atomic mass is 16.5. The number of hydrogen-bond donors (Lipinski definition) is 1. The summed E-state index contributed by atoms with van der Waals surface area (Å²) in [6.07, 6.45) is 3.22. The van der Waals surface area contributed by atoms with Crippen molar-refractivity contribution < 1.29 is 13.9 Å². The van der Waals surface area contributed by atoms with Crippen molar-refractivity contribution in [1.29, 1.82) is 0 Å². The van der Waals surface area contributed by atoms with Crippen molar-refractivity contribution in [2.24, 2.45) is 0 Å². The van der Waals surface area contributed by atoms with Gasteiger partial charge in [0, 0.05) is 6.20 Å². The molecule has 0 saturated carbocycles. The minimum atomic E-state index is -0.595. The molecule has 1 atom stereocenters. The first-order chi connectivity index (χ1) is 12.1. The van der Waals surface area contributed by atoms with Crippen molar-refractivity contribution in [3.63, 3.8) is 0 Å². The number of furan rings is 1. The first-order valence-electron chi connectivity index (χ1n) is 7.70. The smallest absolute Gasteiger partial charge is 0.330 e. The lowest BCUT2D eigenvalue weighted by atomic mass is 10.3. The Morgan fingerprint density at radius 3 is 2.96 bits per heavy atom. The molecule has 0 saturated heterocycles. The van der Waals surface area contributed by atoms with Crippen molar-refractivity contribution >= 4 is 28.6 Å². The average Bonchev–Trinajstić information content (AvgIpc) is 3.31. The fourth-order valence-electron chi connectivity index (χ4n) is 2.50. The number of anilines is 1. The third kappa shape index (κ3) is 2.38. The van der Waals surface area contributed by atoms with E-state index in [1.54, 1.807) is 32.2 Å². The highest BCUT2D eigenvalue weighted by Crippen LogP contribution is 2.24. The molecule has 0 aliphatic carbocycles. The van der Waals surface area contributed by atoms with Gasteiger partial charge in [0.25, 0.3) is 0 Å². The number of carbonyl (C=O) groups is 1. The van der Waals surface area contributed by atoms with Crippen molar-refractivity contribution in [3.8, 4) is 11.6 Å². The van der Waals surface area contributed by atoms with Gasteiger partial charge in [-0.1, -0.05) is 0 Å². The van der Waals surface area contributed by atoms with Crippen LogP contribution in [-0.4, -0.2) is 41.9 Å². The van der Waals surface area contributed by atoms with E-state index in [9.17, 15) is 4.79 Å². The van der Waals surface area contributed by atoms with Gasteiger partial charge in [0.05, 0.1) is 18.3 Å². The number of nitrogens with zero attached hydrogens (tertiary/aromatic N) is 6. The topological polar surface area (TPSA) is 126 Å². The van der Waals surface area contributed by atoms with Crippen molar-refractivity contribution in [2.75, 3.05) is 12.3 Å². The van der Waals surface area contributed by atoms with Crippen molar-refractivity contribution in [2.45, 2.75) is 19.9 Å². The van der Waals surface area contributed by atoms with E-state index in [0.29, 0.717) is 34.9 Å². The normalized spacial score (nSPS) is 12.7. The molecule has 0 fully saturated rings. The minimum absolute atomic E-state index is 0.141. The zero-order valence-corrected chi connectivity index (χ0v) is 13.6. The fraction of sp³-hybridized carbons (Fsp3) is 0.267. The maximum absolute atomic E-state index is 11.9. The molecule has 128 valence electrons. The summed E-state index contributed by atoms with van der Waals surface area (Å²) in [5.74, 6) is 0.666. The van der Waals surface area contributed by atoms with E-state index in [2.05, 4.69) is 20.2 Å². The molecule has 4 aromatic rings. The van der Waals surface area contributed by atoms with Gasteiger partial charge < -0.3 is 14.9 Å². The van der Waals surface area contributed by atoms with Gasteiger partial charge in [0.2, 0.25) is 11.8 Å². The molecule has 0 bridgehead atoms. The van der Waals surface area contributed by atoms with E-state index in [1.807, 2.05) is 0 Å². The van der Waals surface area contributed by atoms with E-state index in [-0.39, 0.29) is 11.9 Å². The Kier molecular flexibility index (Phi) is 3.38. The van der Waals surface area contributed by atoms with Gasteiger partial charge in [-0.05, 0) is 26.0 Å². The molecule has 4 rings (SSSR count). The van der Waals surface area contributed by atoms with Crippen LogP contribution in [0.25, 0.3) is 28.3 Å². The van der Waals surface area contributed by atoms with Crippen LogP contribution in [-0.2, 0) is 9.53 Å². The van der Waals surface area contributed by atoms with Gasteiger partial charge in [-0.3, -0.25) is 4.68 Å². The van der Waals surface area contributed by atoms with Crippen molar-refractivity contribution in [1.82, 2.24) is 29.4 Å². The molecular formula is C15H15N7O3. The largest absolute Gasteiger partial charge is 0.464 e. The maximum atomic E-state index is 11.9. The van der Waals surface area contributed by atoms with E-state index in [1.165, 1.54) is 15.5 Å². The van der Waals surface area contributed by atoms with E-state index >= 15 is 0 Å². The SMILES string of the molecule is CCOC(=O)C(C)n1cc2c(nc(N)n3nc(-c4ccco4)nc23)n1. The number of aromatic nitrogens is 6. The second-order valence-electron chi connectivity index (χ2n) is 5.39. The van der Waals surface area contributed by atoms with Crippen LogP contribution >= 0.6 is 0 Å². The van der Waals surface area contributed by atoms with Crippen LogP contribution in [0.5, 0.6) is 0 Å². The molecule has 10 heteroatoms. The number of carbonyl (C=O) groups excluding carboxylic acids is 1. The summed E-state index contributed by atoms with van der Waals surface area (Å²) in [5.41, 5.74) is 6.82. The summed E-state index contributed by atoms with van der Waals surface area (Å²) in [6, 6.07) is 2.90. The minimum Gasteiger partial charge on any atom is -0.464 e. The van der Waals surface area contributed by atoms with Crippen LogP contribution in [0.15, 0.2) is 29.0 Å². The predicted octanol–water partition coefficient (Wildman–Crippen LogP) is 1.44. The maximum Gasteiger partial charge on any atom is 0.330 e. The van der Waals surface area contributed by atoms with Crippen LogP contribution in [0.4, 0.5) is 5.95 Å². The Morgan fingerprint density at radius 2 is 2.24 bits per heavy atom.